The molecule has 0 aliphatic heterocycles. The SMILES string of the molecule is Cc1nn(C)c2c(C(C)C)cc(NNC(N)=O)nc12. The quantitative estimate of drug-likeness (QED) is 0.728. The molecule has 2 amide bonds. The van der Waals surface area contributed by atoms with Gasteiger partial charge >= 0.3 is 6.03 Å². The number of fused-ring (bicyclic) bond motifs is 1. The van der Waals surface area contributed by atoms with Crippen LogP contribution < -0.4 is 16.6 Å². The molecule has 2 aromatic rings. The molecular weight excluding hydrogens is 244 g/mol. The van der Waals surface area contributed by atoms with Gasteiger partial charge in [0.25, 0.3) is 0 Å². The molecule has 4 N–H and O–H groups in total. The second-order valence-electron chi connectivity index (χ2n) is 4.77. The molecule has 7 nitrogen and oxygen atoms in total. The summed E-state index contributed by atoms with van der Waals surface area (Å²) in [7, 11) is 1.90. The van der Waals surface area contributed by atoms with Crippen LogP contribution in [0.2, 0.25) is 0 Å². The topological polar surface area (TPSA) is 97.9 Å². The second kappa shape index (κ2) is 4.75. The summed E-state index contributed by atoms with van der Waals surface area (Å²) in [5.41, 5.74) is 13.8. The molecule has 0 radical (unpaired) electrons. The summed E-state index contributed by atoms with van der Waals surface area (Å²) < 4.78 is 1.83. The highest BCUT2D eigenvalue weighted by Gasteiger charge is 2.15. The number of hydrogen-bond acceptors (Lipinski definition) is 4. The van der Waals surface area contributed by atoms with Crippen LogP contribution in [0.3, 0.4) is 0 Å². The Morgan fingerprint density at radius 2 is 2.16 bits per heavy atom. The zero-order chi connectivity index (χ0) is 14.2. The van der Waals surface area contributed by atoms with Crippen molar-refractivity contribution in [1.29, 1.82) is 0 Å². The molecule has 19 heavy (non-hydrogen) atoms. The van der Waals surface area contributed by atoms with Gasteiger partial charge in [0.2, 0.25) is 0 Å². The summed E-state index contributed by atoms with van der Waals surface area (Å²) in [6.07, 6.45) is 0. The van der Waals surface area contributed by atoms with Crippen LogP contribution >= 0.6 is 0 Å². The molecule has 2 aromatic heterocycles. The Labute approximate surface area is 111 Å². The maximum absolute atomic E-state index is 10.7. The van der Waals surface area contributed by atoms with Crippen LogP contribution in [-0.2, 0) is 7.05 Å². The van der Waals surface area contributed by atoms with E-state index in [1.165, 1.54) is 0 Å². The van der Waals surface area contributed by atoms with Crippen molar-refractivity contribution in [2.45, 2.75) is 26.7 Å². The van der Waals surface area contributed by atoms with Gasteiger partial charge in [-0.2, -0.15) is 5.10 Å². The van der Waals surface area contributed by atoms with Crippen LogP contribution in [0.5, 0.6) is 0 Å². The molecule has 2 rings (SSSR count). The fourth-order valence-corrected chi connectivity index (χ4v) is 2.10. The Kier molecular flexibility index (Phi) is 3.28. The van der Waals surface area contributed by atoms with Crippen molar-refractivity contribution in [3.05, 3.63) is 17.3 Å². The lowest BCUT2D eigenvalue weighted by Crippen LogP contribution is -2.34. The fraction of sp³-hybridized carbons (Fsp3) is 0.417. The van der Waals surface area contributed by atoms with E-state index < -0.39 is 6.03 Å². The highest BCUT2D eigenvalue weighted by atomic mass is 16.2. The second-order valence-corrected chi connectivity index (χ2v) is 4.77. The third-order valence-corrected chi connectivity index (χ3v) is 2.92. The Balaban J connectivity index is 2.57. The van der Waals surface area contributed by atoms with Gasteiger partial charge < -0.3 is 5.73 Å². The minimum Gasteiger partial charge on any atom is -0.350 e. The fourth-order valence-electron chi connectivity index (χ4n) is 2.10. The number of aromatic nitrogens is 3. The Morgan fingerprint density at radius 3 is 2.74 bits per heavy atom. The van der Waals surface area contributed by atoms with Crippen molar-refractivity contribution in [2.24, 2.45) is 12.8 Å². The van der Waals surface area contributed by atoms with Gasteiger partial charge in [-0.25, -0.2) is 9.78 Å². The van der Waals surface area contributed by atoms with Crippen LogP contribution in [0.1, 0.15) is 31.0 Å². The first-order chi connectivity index (χ1) is 8.90. The summed E-state index contributed by atoms with van der Waals surface area (Å²) >= 11 is 0. The van der Waals surface area contributed by atoms with Gasteiger partial charge in [0.15, 0.2) is 0 Å². The van der Waals surface area contributed by atoms with Gasteiger partial charge in [-0.3, -0.25) is 15.5 Å². The number of hydrogen-bond donors (Lipinski definition) is 3. The molecule has 0 unspecified atom stereocenters. The lowest BCUT2D eigenvalue weighted by Gasteiger charge is -2.12. The highest BCUT2D eigenvalue weighted by molar-refractivity contribution is 5.83. The number of primary amides is 1. The van der Waals surface area contributed by atoms with E-state index >= 15 is 0 Å². The number of nitrogens with zero attached hydrogens (tertiary/aromatic N) is 3. The van der Waals surface area contributed by atoms with Gasteiger partial charge in [-0.1, -0.05) is 13.8 Å². The first-order valence-electron chi connectivity index (χ1n) is 6.06. The Bertz CT molecular complexity index is 631. The van der Waals surface area contributed by atoms with E-state index in [0.29, 0.717) is 11.7 Å². The molecule has 0 atom stereocenters. The van der Waals surface area contributed by atoms with Gasteiger partial charge in [-0.15, -0.1) is 0 Å². The molecule has 0 fully saturated rings. The molecule has 102 valence electrons. The maximum atomic E-state index is 10.7. The van der Waals surface area contributed by atoms with Crippen LogP contribution in [0.4, 0.5) is 10.6 Å². The zero-order valence-electron chi connectivity index (χ0n) is 11.5. The van der Waals surface area contributed by atoms with Crippen molar-refractivity contribution < 1.29 is 4.79 Å². The molecule has 0 saturated carbocycles. The molecule has 0 aliphatic carbocycles. The van der Waals surface area contributed by atoms with E-state index in [-0.39, 0.29) is 0 Å². The number of hydrazine groups is 1. The maximum Gasteiger partial charge on any atom is 0.330 e. The number of anilines is 1. The van der Waals surface area contributed by atoms with Gasteiger partial charge in [0.1, 0.15) is 11.3 Å². The summed E-state index contributed by atoms with van der Waals surface area (Å²) in [4.78, 5) is 15.2. The Morgan fingerprint density at radius 1 is 1.47 bits per heavy atom. The number of nitrogens with two attached hydrogens (primary N) is 1. The molecular formula is C12H18N6O. The normalized spacial score (nSPS) is 11.0. The third kappa shape index (κ3) is 2.44. The number of nitrogens with one attached hydrogen (secondary N) is 2. The third-order valence-electron chi connectivity index (χ3n) is 2.92. The standard InChI is InChI=1S/C12H18N6O/c1-6(2)8-5-9(15-16-12(13)19)14-10-7(3)17-18(4)11(8)10/h5-6H,1-4H3,(H,14,15)(H3,13,16,19). The monoisotopic (exact) mass is 262 g/mol. The summed E-state index contributed by atoms with van der Waals surface area (Å²) in [6, 6.07) is 1.24. The van der Waals surface area contributed by atoms with Crippen molar-refractivity contribution in [2.75, 3.05) is 5.43 Å². The zero-order valence-corrected chi connectivity index (χ0v) is 11.5. The number of carbonyl (C=O) groups excluding carboxylic acids is 1. The number of urea groups is 1. The van der Waals surface area contributed by atoms with Crippen molar-refractivity contribution in [3.8, 4) is 0 Å². The van der Waals surface area contributed by atoms with E-state index in [4.69, 9.17) is 5.73 Å². The van der Waals surface area contributed by atoms with E-state index in [2.05, 4.69) is 34.8 Å². The number of carbonyl (C=O) groups is 1. The molecule has 2 heterocycles. The minimum atomic E-state index is -0.657. The number of amides is 2. The Hall–Kier alpha value is -2.31. The van der Waals surface area contributed by atoms with Crippen molar-refractivity contribution in [1.82, 2.24) is 20.2 Å². The van der Waals surface area contributed by atoms with Crippen LogP contribution in [-0.4, -0.2) is 20.8 Å². The molecule has 0 bridgehead atoms. The summed E-state index contributed by atoms with van der Waals surface area (Å²) in [5.74, 6) is 0.862. The molecule has 0 aliphatic rings. The van der Waals surface area contributed by atoms with Gasteiger partial charge in [0, 0.05) is 7.05 Å². The lowest BCUT2D eigenvalue weighted by atomic mass is 10.0. The van der Waals surface area contributed by atoms with Gasteiger partial charge in [-0.05, 0) is 24.5 Å². The molecule has 0 spiro atoms. The van der Waals surface area contributed by atoms with E-state index in [1.54, 1.807) is 0 Å². The van der Waals surface area contributed by atoms with E-state index in [9.17, 15) is 4.79 Å². The molecule has 0 saturated heterocycles. The average Bonchev–Trinajstić information content (AvgIpc) is 2.61. The summed E-state index contributed by atoms with van der Waals surface area (Å²) in [6.45, 7) is 6.11. The minimum absolute atomic E-state index is 0.314. The molecule has 0 aromatic carbocycles. The summed E-state index contributed by atoms with van der Waals surface area (Å²) in [5, 5.41) is 4.38. The van der Waals surface area contributed by atoms with Gasteiger partial charge in [0.05, 0.1) is 11.2 Å². The molecule has 7 heteroatoms. The van der Waals surface area contributed by atoms with Crippen molar-refractivity contribution >= 4 is 22.9 Å². The largest absolute Gasteiger partial charge is 0.350 e. The average molecular weight is 262 g/mol. The van der Waals surface area contributed by atoms with E-state index in [1.807, 2.05) is 24.7 Å². The van der Waals surface area contributed by atoms with Crippen LogP contribution in [0.25, 0.3) is 11.0 Å². The van der Waals surface area contributed by atoms with Crippen LogP contribution in [0, 0.1) is 6.92 Å². The number of pyridine rings is 1. The van der Waals surface area contributed by atoms with E-state index in [0.717, 1.165) is 22.3 Å². The van der Waals surface area contributed by atoms with Crippen molar-refractivity contribution in [3.63, 3.8) is 0 Å². The number of rotatable bonds is 3. The smallest absolute Gasteiger partial charge is 0.330 e. The first-order valence-corrected chi connectivity index (χ1v) is 6.06. The lowest BCUT2D eigenvalue weighted by molar-refractivity contribution is 0.250. The predicted molar refractivity (Wildman–Crippen MR) is 73.7 cm³/mol. The van der Waals surface area contributed by atoms with Crippen LogP contribution in [0.15, 0.2) is 6.07 Å². The number of aryl methyl sites for hydroxylation is 2. The highest BCUT2D eigenvalue weighted by Crippen LogP contribution is 2.28. The first kappa shape index (κ1) is 13.1. The predicted octanol–water partition coefficient (Wildman–Crippen LogP) is 1.40.